The summed E-state index contributed by atoms with van der Waals surface area (Å²) in [5, 5.41) is 9.04. The van der Waals surface area contributed by atoms with E-state index in [9.17, 15) is 4.79 Å². The highest BCUT2D eigenvalue weighted by Gasteiger charge is 2.37. The van der Waals surface area contributed by atoms with Crippen LogP contribution in [0.5, 0.6) is 0 Å². The second-order valence-electron chi connectivity index (χ2n) is 7.31. The van der Waals surface area contributed by atoms with E-state index < -0.39 is 17.7 Å². The third-order valence-corrected chi connectivity index (χ3v) is 5.13. The maximum atomic E-state index is 11.0. The van der Waals surface area contributed by atoms with Gasteiger partial charge < -0.3 is 5.11 Å². The van der Waals surface area contributed by atoms with E-state index in [-0.39, 0.29) is 6.42 Å². The van der Waals surface area contributed by atoms with Crippen LogP contribution in [0.25, 0.3) is 0 Å². The lowest BCUT2D eigenvalue weighted by atomic mass is 9.81. The number of carboxylic acids is 1. The molecule has 1 aliphatic rings. The van der Waals surface area contributed by atoms with Crippen LogP contribution in [0.2, 0.25) is 0 Å². The van der Waals surface area contributed by atoms with Gasteiger partial charge in [0.05, 0.1) is 6.42 Å². The molecule has 4 heteroatoms. The lowest BCUT2D eigenvalue weighted by Gasteiger charge is -2.38. The van der Waals surface area contributed by atoms with Gasteiger partial charge in [-0.25, -0.2) is 9.78 Å². The highest BCUT2D eigenvalue weighted by atomic mass is 17.2. The van der Waals surface area contributed by atoms with Crippen molar-refractivity contribution in [3.63, 3.8) is 0 Å². The zero-order valence-corrected chi connectivity index (χ0v) is 16.6. The fraction of sp³-hybridized carbons (Fsp3) is 0.762. The third-order valence-electron chi connectivity index (χ3n) is 5.13. The minimum atomic E-state index is -0.862. The number of carbonyl (C=O) groups is 1. The molecule has 0 unspecified atom stereocenters. The molecular weight excluding hydrogens is 316 g/mol. The van der Waals surface area contributed by atoms with Crippen molar-refractivity contribution in [3.8, 4) is 0 Å². The second-order valence-corrected chi connectivity index (χ2v) is 7.31. The molecule has 1 heterocycles. The number of aliphatic carboxylic acids is 1. The molecular formula is C21H36O4. The zero-order chi connectivity index (χ0) is 18.9. The molecule has 25 heavy (non-hydrogen) atoms. The fourth-order valence-electron chi connectivity index (χ4n) is 3.62. The minimum absolute atomic E-state index is 0.0469. The van der Waals surface area contributed by atoms with Crippen molar-refractivity contribution in [1.29, 1.82) is 0 Å². The summed E-state index contributed by atoms with van der Waals surface area (Å²) in [5.74, 6) is 0.238. The highest BCUT2D eigenvalue weighted by Crippen LogP contribution is 2.37. The van der Waals surface area contributed by atoms with Crippen LogP contribution in [-0.4, -0.2) is 22.8 Å². The molecule has 144 valence electrons. The molecule has 0 aliphatic carbocycles. The summed E-state index contributed by atoms with van der Waals surface area (Å²) in [6, 6.07) is 0. The van der Waals surface area contributed by atoms with Crippen LogP contribution in [0.4, 0.5) is 0 Å². The van der Waals surface area contributed by atoms with E-state index in [2.05, 4.69) is 45.9 Å². The Morgan fingerprint density at radius 3 is 2.60 bits per heavy atom. The Balaban J connectivity index is 2.82. The third kappa shape index (κ3) is 6.95. The Bertz CT molecular complexity index is 469. The summed E-state index contributed by atoms with van der Waals surface area (Å²) in [4.78, 5) is 22.3. The van der Waals surface area contributed by atoms with Crippen LogP contribution in [0.15, 0.2) is 23.8 Å². The molecule has 0 aromatic carbocycles. The summed E-state index contributed by atoms with van der Waals surface area (Å²) >= 11 is 0. The Morgan fingerprint density at radius 2 is 2.08 bits per heavy atom. The molecule has 4 nitrogen and oxygen atoms in total. The average Bonchev–Trinajstić information content (AvgIpc) is 2.59. The highest BCUT2D eigenvalue weighted by molar-refractivity contribution is 5.68. The van der Waals surface area contributed by atoms with Crippen molar-refractivity contribution >= 4 is 5.97 Å². The molecule has 1 rings (SSSR count). The van der Waals surface area contributed by atoms with Gasteiger partial charge in [0.2, 0.25) is 0 Å². The average molecular weight is 353 g/mol. The van der Waals surface area contributed by atoms with Gasteiger partial charge in [-0.2, -0.15) is 0 Å². The van der Waals surface area contributed by atoms with Gasteiger partial charge in [0.1, 0.15) is 11.7 Å². The molecule has 0 spiro atoms. The molecule has 0 bridgehead atoms. The first-order chi connectivity index (χ1) is 11.9. The Labute approximate surface area is 153 Å². The standard InChI is InChI=1S/C21H36O4/c1-6-10-11-17(7-2)12-16(5)14-21(9-4)15-18(8-3)19(24-25-21)13-20(22)23/h10-11,15-17,19H,6-9,12-14H2,1-5H3,(H,22,23)/b11-10+/t16-,17-,19-,21+/m1/s1. The van der Waals surface area contributed by atoms with Gasteiger partial charge in [-0.15, -0.1) is 0 Å². The predicted octanol–water partition coefficient (Wildman–Crippen LogP) is 5.69. The van der Waals surface area contributed by atoms with Crippen molar-refractivity contribution in [1.82, 2.24) is 0 Å². The number of allylic oxidation sites excluding steroid dienone is 2. The van der Waals surface area contributed by atoms with Crippen molar-refractivity contribution < 1.29 is 19.7 Å². The van der Waals surface area contributed by atoms with E-state index in [1.807, 2.05) is 6.92 Å². The van der Waals surface area contributed by atoms with E-state index in [1.165, 1.54) is 0 Å². The molecule has 0 aromatic rings. The number of hydrogen-bond acceptors (Lipinski definition) is 3. The quantitative estimate of drug-likeness (QED) is 0.383. The first-order valence-electron chi connectivity index (χ1n) is 9.84. The van der Waals surface area contributed by atoms with Gasteiger partial charge in [0.25, 0.3) is 0 Å². The largest absolute Gasteiger partial charge is 0.481 e. The van der Waals surface area contributed by atoms with Crippen LogP contribution in [0.1, 0.15) is 79.6 Å². The normalized spacial score (nSPS) is 26.4. The maximum Gasteiger partial charge on any atom is 0.306 e. The van der Waals surface area contributed by atoms with Crippen LogP contribution >= 0.6 is 0 Å². The van der Waals surface area contributed by atoms with Crippen molar-refractivity contribution in [2.45, 2.75) is 91.3 Å². The minimum Gasteiger partial charge on any atom is -0.481 e. The molecule has 0 radical (unpaired) electrons. The first kappa shape index (κ1) is 21.9. The van der Waals surface area contributed by atoms with Gasteiger partial charge in [-0.05, 0) is 62.0 Å². The number of carboxylic acid groups (broad SMARTS) is 1. The number of hydrogen-bond donors (Lipinski definition) is 1. The molecule has 0 saturated carbocycles. The summed E-state index contributed by atoms with van der Waals surface area (Å²) in [6.45, 7) is 10.8. The molecule has 4 atom stereocenters. The summed E-state index contributed by atoms with van der Waals surface area (Å²) in [7, 11) is 0. The van der Waals surface area contributed by atoms with Crippen LogP contribution < -0.4 is 0 Å². The predicted molar refractivity (Wildman–Crippen MR) is 101 cm³/mol. The topological polar surface area (TPSA) is 55.8 Å². The van der Waals surface area contributed by atoms with Gasteiger partial charge in [-0.1, -0.05) is 46.8 Å². The van der Waals surface area contributed by atoms with Gasteiger partial charge in [-0.3, -0.25) is 4.79 Å². The first-order valence-corrected chi connectivity index (χ1v) is 9.84. The van der Waals surface area contributed by atoms with E-state index in [4.69, 9.17) is 14.9 Å². The van der Waals surface area contributed by atoms with Gasteiger partial charge in [0.15, 0.2) is 0 Å². The molecule has 0 fully saturated rings. The van der Waals surface area contributed by atoms with Crippen LogP contribution in [-0.2, 0) is 14.6 Å². The smallest absolute Gasteiger partial charge is 0.306 e. The Morgan fingerprint density at radius 1 is 1.36 bits per heavy atom. The Kier molecular flexibility index (Phi) is 9.44. The maximum absolute atomic E-state index is 11.0. The van der Waals surface area contributed by atoms with E-state index in [0.29, 0.717) is 11.8 Å². The molecule has 0 amide bonds. The summed E-state index contributed by atoms with van der Waals surface area (Å²) in [5.41, 5.74) is 0.604. The van der Waals surface area contributed by atoms with E-state index in [0.717, 1.165) is 44.1 Å². The summed E-state index contributed by atoms with van der Waals surface area (Å²) < 4.78 is 0. The Hall–Kier alpha value is -1.13. The molecule has 1 N–H and O–H groups in total. The van der Waals surface area contributed by atoms with E-state index in [1.54, 1.807) is 0 Å². The van der Waals surface area contributed by atoms with Crippen molar-refractivity contribution in [2.75, 3.05) is 0 Å². The number of rotatable bonds is 11. The lowest BCUT2D eigenvalue weighted by molar-refractivity contribution is -0.378. The monoisotopic (exact) mass is 352 g/mol. The SMILES string of the molecule is CC/C=C/[C@@H](CC)C[C@@H](C)C[C@@]1(CC)C=C(CC)[C@@H](CC(=O)O)OO1. The van der Waals surface area contributed by atoms with Gasteiger partial charge >= 0.3 is 5.97 Å². The fourth-order valence-corrected chi connectivity index (χ4v) is 3.62. The van der Waals surface area contributed by atoms with Crippen molar-refractivity contribution in [3.05, 3.63) is 23.8 Å². The summed E-state index contributed by atoms with van der Waals surface area (Å²) in [6.07, 6.45) is 12.1. The van der Waals surface area contributed by atoms with E-state index >= 15 is 0 Å². The lowest BCUT2D eigenvalue weighted by Crippen LogP contribution is -2.40. The van der Waals surface area contributed by atoms with Crippen LogP contribution in [0, 0.1) is 11.8 Å². The molecule has 0 aromatic heterocycles. The van der Waals surface area contributed by atoms with Crippen LogP contribution in [0.3, 0.4) is 0 Å². The zero-order valence-electron chi connectivity index (χ0n) is 16.6. The van der Waals surface area contributed by atoms with Gasteiger partial charge in [0, 0.05) is 0 Å². The molecule has 1 aliphatic heterocycles. The molecule has 0 saturated heterocycles. The van der Waals surface area contributed by atoms with Crippen molar-refractivity contribution in [2.24, 2.45) is 11.8 Å². The second kappa shape index (κ2) is 10.8.